The second-order valence-electron chi connectivity index (χ2n) is 3.80. The minimum Gasteiger partial charge on any atom is -0.303 e. The molecule has 0 saturated carbocycles. The highest BCUT2D eigenvalue weighted by atomic mass is 32.2. The second-order valence-corrected chi connectivity index (χ2v) is 5.19. The molecule has 1 aliphatic heterocycles. The third-order valence-electron chi connectivity index (χ3n) is 2.74. The number of hydrogen-bond donors (Lipinski definition) is 0. The third kappa shape index (κ3) is 4.34. The standard InChI is InChI=1S/C11H20N2S/c1-2-14-9-3-6-13-7-4-11(10-12)5-8-13/h11H,2-9H2,1H3. The lowest BCUT2D eigenvalue weighted by atomic mass is 9.99. The van der Waals surface area contributed by atoms with Gasteiger partial charge in [0.05, 0.1) is 6.07 Å². The van der Waals surface area contributed by atoms with Crippen LogP contribution in [0.2, 0.25) is 0 Å². The van der Waals surface area contributed by atoms with Crippen molar-refractivity contribution in [2.75, 3.05) is 31.1 Å². The molecule has 1 heterocycles. The van der Waals surface area contributed by atoms with Gasteiger partial charge in [0.2, 0.25) is 0 Å². The number of rotatable bonds is 5. The van der Waals surface area contributed by atoms with Crippen LogP contribution in [0.15, 0.2) is 0 Å². The topological polar surface area (TPSA) is 27.0 Å². The van der Waals surface area contributed by atoms with Crippen LogP contribution in [0.4, 0.5) is 0 Å². The first kappa shape index (κ1) is 11.9. The van der Waals surface area contributed by atoms with Gasteiger partial charge in [0.15, 0.2) is 0 Å². The largest absolute Gasteiger partial charge is 0.303 e. The highest BCUT2D eigenvalue weighted by Gasteiger charge is 2.17. The van der Waals surface area contributed by atoms with Crippen LogP contribution in [0.25, 0.3) is 0 Å². The summed E-state index contributed by atoms with van der Waals surface area (Å²) in [6.45, 7) is 5.71. The number of hydrogen-bond acceptors (Lipinski definition) is 3. The third-order valence-corrected chi connectivity index (χ3v) is 3.72. The lowest BCUT2D eigenvalue weighted by molar-refractivity contribution is 0.206. The maximum Gasteiger partial charge on any atom is 0.0656 e. The van der Waals surface area contributed by atoms with Gasteiger partial charge in [-0.15, -0.1) is 0 Å². The predicted molar refractivity (Wildman–Crippen MR) is 62.4 cm³/mol. The van der Waals surface area contributed by atoms with E-state index in [9.17, 15) is 0 Å². The molecule has 1 aliphatic rings. The highest BCUT2D eigenvalue weighted by molar-refractivity contribution is 7.99. The molecule has 1 saturated heterocycles. The van der Waals surface area contributed by atoms with Gasteiger partial charge in [-0.05, 0) is 50.4 Å². The molecule has 2 nitrogen and oxygen atoms in total. The van der Waals surface area contributed by atoms with Crippen LogP contribution in [0, 0.1) is 17.2 Å². The van der Waals surface area contributed by atoms with Crippen molar-refractivity contribution in [1.82, 2.24) is 4.90 Å². The smallest absolute Gasteiger partial charge is 0.0656 e. The minimum absolute atomic E-state index is 0.330. The van der Waals surface area contributed by atoms with E-state index >= 15 is 0 Å². The van der Waals surface area contributed by atoms with Crippen molar-refractivity contribution in [3.8, 4) is 6.07 Å². The molecule has 0 radical (unpaired) electrons. The van der Waals surface area contributed by atoms with Gasteiger partial charge in [-0.3, -0.25) is 0 Å². The molecule has 0 unspecified atom stereocenters. The Bertz CT molecular complexity index is 180. The van der Waals surface area contributed by atoms with Crippen LogP contribution in [0.5, 0.6) is 0 Å². The van der Waals surface area contributed by atoms with Crippen molar-refractivity contribution >= 4 is 11.8 Å². The predicted octanol–water partition coefficient (Wildman–Crippen LogP) is 2.37. The summed E-state index contributed by atoms with van der Waals surface area (Å²) in [5, 5.41) is 8.75. The number of likely N-dealkylation sites (tertiary alicyclic amines) is 1. The maximum absolute atomic E-state index is 8.75. The van der Waals surface area contributed by atoms with Crippen LogP contribution in [0.3, 0.4) is 0 Å². The van der Waals surface area contributed by atoms with E-state index in [1.165, 1.54) is 24.5 Å². The zero-order chi connectivity index (χ0) is 10.2. The van der Waals surface area contributed by atoms with Gasteiger partial charge in [-0.1, -0.05) is 6.92 Å². The van der Waals surface area contributed by atoms with E-state index in [4.69, 9.17) is 5.26 Å². The fourth-order valence-electron chi connectivity index (χ4n) is 1.82. The number of nitrogens with zero attached hydrogens (tertiary/aromatic N) is 2. The van der Waals surface area contributed by atoms with Gasteiger partial charge in [0.1, 0.15) is 0 Å². The molecule has 0 aromatic heterocycles. The molecule has 0 aromatic rings. The molecular weight excluding hydrogens is 192 g/mol. The van der Waals surface area contributed by atoms with Crippen LogP contribution >= 0.6 is 11.8 Å². The van der Waals surface area contributed by atoms with E-state index in [0.717, 1.165) is 25.9 Å². The summed E-state index contributed by atoms with van der Waals surface area (Å²) in [6, 6.07) is 2.37. The van der Waals surface area contributed by atoms with Crippen molar-refractivity contribution in [3.63, 3.8) is 0 Å². The number of piperidine rings is 1. The van der Waals surface area contributed by atoms with Crippen LogP contribution in [-0.2, 0) is 0 Å². The molecule has 0 atom stereocenters. The molecule has 0 aromatic carbocycles. The molecule has 3 heteroatoms. The normalized spacial score (nSPS) is 19.4. The lowest BCUT2D eigenvalue weighted by Gasteiger charge is -2.28. The summed E-state index contributed by atoms with van der Waals surface area (Å²) in [7, 11) is 0. The van der Waals surface area contributed by atoms with Gasteiger partial charge in [-0.25, -0.2) is 0 Å². The highest BCUT2D eigenvalue weighted by Crippen LogP contribution is 2.16. The van der Waals surface area contributed by atoms with Crippen molar-refractivity contribution in [3.05, 3.63) is 0 Å². The molecule has 1 rings (SSSR count). The Morgan fingerprint density at radius 3 is 2.71 bits per heavy atom. The van der Waals surface area contributed by atoms with Crippen molar-refractivity contribution in [2.24, 2.45) is 5.92 Å². The summed E-state index contributed by atoms with van der Waals surface area (Å²) < 4.78 is 0. The SMILES string of the molecule is CCSCCCN1CCC(C#N)CC1. The fraction of sp³-hybridized carbons (Fsp3) is 0.909. The average molecular weight is 212 g/mol. The Morgan fingerprint density at radius 1 is 1.43 bits per heavy atom. The van der Waals surface area contributed by atoms with Gasteiger partial charge < -0.3 is 4.90 Å². The van der Waals surface area contributed by atoms with E-state index in [-0.39, 0.29) is 0 Å². The Balaban J connectivity index is 2.02. The van der Waals surface area contributed by atoms with E-state index in [2.05, 4.69) is 17.9 Å². The molecule has 0 bridgehead atoms. The van der Waals surface area contributed by atoms with E-state index in [0.29, 0.717) is 5.92 Å². The maximum atomic E-state index is 8.75. The van der Waals surface area contributed by atoms with E-state index < -0.39 is 0 Å². The lowest BCUT2D eigenvalue weighted by Crippen LogP contribution is -2.34. The van der Waals surface area contributed by atoms with Gasteiger partial charge in [0, 0.05) is 5.92 Å². The zero-order valence-corrected chi connectivity index (χ0v) is 9.85. The number of nitriles is 1. The second kappa shape index (κ2) is 7.14. The molecule has 0 N–H and O–H groups in total. The first-order valence-corrected chi connectivity index (χ1v) is 6.72. The van der Waals surface area contributed by atoms with Gasteiger partial charge >= 0.3 is 0 Å². The summed E-state index contributed by atoms with van der Waals surface area (Å²) in [5.41, 5.74) is 0. The van der Waals surface area contributed by atoms with E-state index in [1.54, 1.807) is 0 Å². The number of thioether (sulfide) groups is 1. The molecule has 14 heavy (non-hydrogen) atoms. The van der Waals surface area contributed by atoms with E-state index in [1.807, 2.05) is 11.8 Å². The summed E-state index contributed by atoms with van der Waals surface area (Å²) in [4.78, 5) is 2.50. The monoisotopic (exact) mass is 212 g/mol. The molecule has 1 fully saturated rings. The molecule has 0 amide bonds. The Morgan fingerprint density at radius 2 is 2.14 bits per heavy atom. The van der Waals surface area contributed by atoms with Gasteiger partial charge in [0.25, 0.3) is 0 Å². The molecule has 0 spiro atoms. The molecular formula is C11H20N2S. The zero-order valence-electron chi connectivity index (χ0n) is 9.04. The van der Waals surface area contributed by atoms with Crippen molar-refractivity contribution in [2.45, 2.75) is 26.2 Å². The first-order chi connectivity index (χ1) is 6.86. The minimum atomic E-state index is 0.330. The summed E-state index contributed by atoms with van der Waals surface area (Å²) >= 11 is 2.02. The van der Waals surface area contributed by atoms with Crippen molar-refractivity contribution < 1.29 is 0 Å². The Hall–Kier alpha value is -0.200. The molecule has 0 aliphatic carbocycles. The van der Waals surface area contributed by atoms with Crippen LogP contribution in [0.1, 0.15) is 26.2 Å². The molecule has 80 valence electrons. The Labute approximate surface area is 91.7 Å². The first-order valence-electron chi connectivity index (χ1n) is 5.56. The average Bonchev–Trinajstić information content (AvgIpc) is 2.25. The van der Waals surface area contributed by atoms with Crippen molar-refractivity contribution in [1.29, 1.82) is 5.26 Å². The van der Waals surface area contributed by atoms with Crippen LogP contribution in [-0.4, -0.2) is 36.0 Å². The Kier molecular flexibility index (Phi) is 6.05. The fourth-order valence-corrected chi connectivity index (χ4v) is 2.44. The quantitative estimate of drug-likeness (QED) is 0.655. The van der Waals surface area contributed by atoms with Gasteiger partial charge in [-0.2, -0.15) is 17.0 Å². The summed E-state index contributed by atoms with van der Waals surface area (Å²) in [5.74, 6) is 2.85. The summed E-state index contributed by atoms with van der Waals surface area (Å²) in [6.07, 6.45) is 3.46. The van der Waals surface area contributed by atoms with Crippen LogP contribution < -0.4 is 0 Å².